The molecular weight excluding hydrogens is 291 g/mol. The van der Waals surface area contributed by atoms with Gasteiger partial charge in [-0.15, -0.1) is 0 Å². The van der Waals surface area contributed by atoms with Gasteiger partial charge in [0.1, 0.15) is 5.78 Å². The minimum atomic E-state index is -0.420. The SMILES string of the molecule is CC(=O)Cc1cc2c(B3OC(C)(C)C(C)(C)O3)cn(C)c2cn1. The minimum absolute atomic E-state index is 0.102. The smallest absolute Gasteiger partial charge is 0.399 e. The van der Waals surface area contributed by atoms with E-state index in [1.807, 2.05) is 57.8 Å². The van der Waals surface area contributed by atoms with Crippen LogP contribution in [-0.2, 0) is 27.6 Å². The molecule has 3 rings (SSSR count). The third-order valence-electron chi connectivity index (χ3n) is 4.90. The highest BCUT2D eigenvalue weighted by atomic mass is 16.7. The molecule has 0 N–H and O–H groups in total. The average Bonchev–Trinajstić information content (AvgIpc) is 2.83. The Hall–Kier alpha value is -1.66. The third kappa shape index (κ3) is 2.70. The standard InChI is InChI=1S/C17H23BN2O3/c1-11(21)7-12-8-13-14(10-20(6)15(13)9-19-12)18-22-16(2,3)17(4,5)23-18/h8-10H,7H2,1-6H3. The van der Waals surface area contributed by atoms with Gasteiger partial charge in [0.25, 0.3) is 0 Å². The first-order chi connectivity index (χ1) is 10.6. The number of ketones is 1. The summed E-state index contributed by atoms with van der Waals surface area (Å²) in [6.45, 7) is 9.75. The Labute approximate surface area is 137 Å². The Balaban J connectivity index is 2.06. The fourth-order valence-electron chi connectivity index (χ4n) is 2.86. The van der Waals surface area contributed by atoms with Crippen LogP contribution >= 0.6 is 0 Å². The molecule has 1 saturated heterocycles. The van der Waals surface area contributed by atoms with E-state index in [2.05, 4.69) is 4.98 Å². The van der Waals surface area contributed by atoms with Gasteiger partial charge in [-0.1, -0.05) is 0 Å². The number of rotatable bonds is 3. The maximum absolute atomic E-state index is 11.4. The van der Waals surface area contributed by atoms with Gasteiger partial charge in [-0.3, -0.25) is 9.78 Å². The second kappa shape index (κ2) is 5.18. The van der Waals surface area contributed by atoms with Crippen LogP contribution < -0.4 is 5.46 Å². The van der Waals surface area contributed by atoms with E-state index in [0.717, 1.165) is 22.1 Å². The molecular formula is C17H23BN2O3. The van der Waals surface area contributed by atoms with Crippen LogP contribution in [0.15, 0.2) is 18.5 Å². The van der Waals surface area contributed by atoms with E-state index in [9.17, 15) is 4.79 Å². The number of hydrogen-bond acceptors (Lipinski definition) is 4. The van der Waals surface area contributed by atoms with Crippen LogP contribution in [-0.4, -0.2) is 33.7 Å². The molecule has 2 aromatic rings. The maximum atomic E-state index is 11.4. The van der Waals surface area contributed by atoms with Crippen LogP contribution in [0, 0.1) is 0 Å². The van der Waals surface area contributed by atoms with Crippen LogP contribution in [0.4, 0.5) is 0 Å². The van der Waals surface area contributed by atoms with Crippen molar-refractivity contribution in [3.05, 3.63) is 24.2 Å². The molecule has 6 heteroatoms. The molecule has 0 bridgehead atoms. The lowest BCUT2D eigenvalue weighted by Gasteiger charge is -2.32. The van der Waals surface area contributed by atoms with E-state index in [1.54, 1.807) is 6.92 Å². The lowest BCUT2D eigenvalue weighted by atomic mass is 9.79. The normalized spacial score (nSPS) is 19.5. The summed E-state index contributed by atoms with van der Waals surface area (Å²) in [5.41, 5.74) is 1.99. The zero-order valence-electron chi connectivity index (χ0n) is 14.6. The highest BCUT2D eigenvalue weighted by molar-refractivity contribution is 6.65. The molecule has 122 valence electrons. The second-order valence-corrected chi connectivity index (χ2v) is 7.36. The predicted octanol–water partition coefficient (Wildman–Crippen LogP) is 2.00. The van der Waals surface area contributed by atoms with Crippen LogP contribution in [0.25, 0.3) is 10.9 Å². The molecule has 0 saturated carbocycles. The number of aryl methyl sites for hydroxylation is 1. The van der Waals surface area contributed by atoms with Crippen molar-refractivity contribution in [3.63, 3.8) is 0 Å². The van der Waals surface area contributed by atoms with Gasteiger partial charge in [0.05, 0.1) is 22.9 Å². The van der Waals surface area contributed by atoms with Crippen molar-refractivity contribution in [2.75, 3.05) is 0 Å². The molecule has 2 aromatic heterocycles. The number of Topliss-reactive ketones (excluding diaryl/α,β-unsaturated/α-hetero) is 1. The molecule has 1 aliphatic heterocycles. The number of carbonyl (C=O) groups excluding carboxylic acids is 1. The second-order valence-electron chi connectivity index (χ2n) is 7.36. The zero-order chi connectivity index (χ0) is 17.0. The van der Waals surface area contributed by atoms with Gasteiger partial charge < -0.3 is 13.9 Å². The number of fused-ring (bicyclic) bond motifs is 1. The maximum Gasteiger partial charge on any atom is 0.497 e. The van der Waals surface area contributed by atoms with Crippen molar-refractivity contribution in [2.45, 2.75) is 52.2 Å². The summed E-state index contributed by atoms with van der Waals surface area (Å²) in [5.74, 6) is 0.102. The number of pyridine rings is 1. The summed E-state index contributed by atoms with van der Waals surface area (Å²) in [6, 6.07) is 1.97. The van der Waals surface area contributed by atoms with E-state index in [0.29, 0.717) is 6.42 Å². The van der Waals surface area contributed by atoms with Crippen molar-refractivity contribution in [1.82, 2.24) is 9.55 Å². The van der Waals surface area contributed by atoms with Crippen molar-refractivity contribution < 1.29 is 14.1 Å². The van der Waals surface area contributed by atoms with Crippen LogP contribution in [0.3, 0.4) is 0 Å². The summed E-state index contributed by atoms with van der Waals surface area (Å²) in [6.07, 6.45) is 4.17. The first-order valence-corrected chi connectivity index (χ1v) is 7.90. The molecule has 3 heterocycles. The summed E-state index contributed by atoms with van der Waals surface area (Å²) in [5, 5.41) is 1.03. The largest absolute Gasteiger partial charge is 0.497 e. The summed E-state index contributed by atoms with van der Waals surface area (Å²) >= 11 is 0. The quantitative estimate of drug-likeness (QED) is 0.813. The first-order valence-electron chi connectivity index (χ1n) is 7.90. The highest BCUT2D eigenvalue weighted by Gasteiger charge is 2.52. The van der Waals surface area contributed by atoms with Crippen molar-refractivity contribution >= 4 is 29.3 Å². The summed E-state index contributed by atoms with van der Waals surface area (Å²) < 4.78 is 14.4. The Bertz CT molecular complexity index is 763. The topological polar surface area (TPSA) is 53.4 Å². The molecule has 0 spiro atoms. The highest BCUT2D eigenvalue weighted by Crippen LogP contribution is 2.37. The molecule has 0 atom stereocenters. The van der Waals surface area contributed by atoms with Crippen molar-refractivity contribution in [2.24, 2.45) is 7.05 Å². The number of hydrogen-bond donors (Lipinski definition) is 0. The monoisotopic (exact) mass is 314 g/mol. The lowest BCUT2D eigenvalue weighted by molar-refractivity contribution is -0.116. The van der Waals surface area contributed by atoms with E-state index < -0.39 is 7.12 Å². The van der Waals surface area contributed by atoms with Crippen molar-refractivity contribution in [1.29, 1.82) is 0 Å². The fraction of sp³-hybridized carbons (Fsp3) is 0.529. The molecule has 0 amide bonds. The Morgan fingerprint density at radius 1 is 1.26 bits per heavy atom. The van der Waals surface area contributed by atoms with Gasteiger partial charge in [-0.2, -0.15) is 0 Å². The number of carbonyl (C=O) groups is 1. The van der Waals surface area contributed by atoms with E-state index in [-0.39, 0.29) is 17.0 Å². The molecule has 23 heavy (non-hydrogen) atoms. The Kier molecular flexibility index (Phi) is 3.65. The van der Waals surface area contributed by atoms with Crippen LogP contribution in [0.2, 0.25) is 0 Å². The zero-order valence-corrected chi connectivity index (χ0v) is 14.6. The molecule has 0 radical (unpaired) electrons. The molecule has 5 nitrogen and oxygen atoms in total. The predicted molar refractivity (Wildman–Crippen MR) is 90.8 cm³/mol. The van der Waals surface area contributed by atoms with Gasteiger partial charge in [-0.25, -0.2) is 0 Å². The number of aromatic nitrogens is 2. The molecule has 0 aliphatic carbocycles. The van der Waals surface area contributed by atoms with Crippen molar-refractivity contribution in [3.8, 4) is 0 Å². The Morgan fingerprint density at radius 3 is 2.43 bits per heavy atom. The summed E-state index contributed by atoms with van der Waals surface area (Å²) in [7, 11) is 1.56. The van der Waals surface area contributed by atoms with Gasteiger partial charge >= 0.3 is 7.12 Å². The molecule has 1 fully saturated rings. The minimum Gasteiger partial charge on any atom is -0.399 e. The Morgan fingerprint density at radius 2 is 1.87 bits per heavy atom. The lowest BCUT2D eigenvalue weighted by Crippen LogP contribution is -2.41. The van der Waals surface area contributed by atoms with Gasteiger partial charge in [0.2, 0.25) is 0 Å². The van der Waals surface area contributed by atoms with Crippen LogP contribution in [0.5, 0.6) is 0 Å². The molecule has 0 aromatic carbocycles. The van der Waals surface area contributed by atoms with E-state index in [1.165, 1.54) is 0 Å². The van der Waals surface area contributed by atoms with E-state index >= 15 is 0 Å². The first kappa shape index (κ1) is 16.2. The van der Waals surface area contributed by atoms with Gasteiger partial charge in [-0.05, 0) is 40.7 Å². The molecule has 1 aliphatic rings. The van der Waals surface area contributed by atoms with Gasteiger partial charge in [0.15, 0.2) is 0 Å². The average molecular weight is 314 g/mol. The fourth-order valence-corrected chi connectivity index (χ4v) is 2.86. The number of nitrogens with zero attached hydrogens (tertiary/aromatic N) is 2. The van der Waals surface area contributed by atoms with Crippen LogP contribution in [0.1, 0.15) is 40.3 Å². The van der Waals surface area contributed by atoms with Gasteiger partial charge in [0, 0.05) is 36.2 Å². The summed E-state index contributed by atoms with van der Waals surface area (Å²) in [4.78, 5) is 15.8. The molecule has 0 unspecified atom stereocenters. The third-order valence-corrected chi connectivity index (χ3v) is 4.90. The van der Waals surface area contributed by atoms with E-state index in [4.69, 9.17) is 9.31 Å².